The van der Waals surface area contributed by atoms with Crippen LogP contribution in [0.5, 0.6) is 0 Å². The van der Waals surface area contributed by atoms with Crippen molar-refractivity contribution in [2.24, 2.45) is 13.0 Å². The summed E-state index contributed by atoms with van der Waals surface area (Å²) in [4.78, 5) is 23.0. The van der Waals surface area contributed by atoms with Crippen molar-refractivity contribution in [1.82, 2.24) is 24.8 Å². The Morgan fingerprint density at radius 1 is 1.62 bits per heavy atom. The molecule has 2 atom stereocenters. The van der Waals surface area contributed by atoms with Gasteiger partial charge in [-0.3, -0.25) is 4.79 Å². The Hall–Kier alpha value is -2.15. The van der Waals surface area contributed by atoms with Crippen LogP contribution < -0.4 is 5.32 Å². The minimum absolute atomic E-state index is 0.0687. The number of amides is 1. The summed E-state index contributed by atoms with van der Waals surface area (Å²) in [6, 6.07) is 0. The van der Waals surface area contributed by atoms with Crippen molar-refractivity contribution in [3.63, 3.8) is 0 Å². The van der Waals surface area contributed by atoms with Crippen LogP contribution in [0.4, 0.5) is 0 Å². The molecule has 112 valence electrons. The van der Waals surface area contributed by atoms with Crippen LogP contribution in [-0.2, 0) is 11.8 Å². The number of carbonyl (C=O) groups excluding carboxylic acids is 1. The first-order valence-corrected chi connectivity index (χ1v) is 7.11. The molecule has 2 aromatic heterocycles. The van der Waals surface area contributed by atoms with Crippen LogP contribution in [0, 0.1) is 5.92 Å². The molecule has 7 heteroatoms. The number of imidazole rings is 2. The van der Waals surface area contributed by atoms with Gasteiger partial charge in [-0.05, 0) is 12.8 Å². The Labute approximate surface area is 122 Å². The molecule has 3 rings (SSSR count). The quantitative estimate of drug-likeness (QED) is 0.880. The molecule has 7 nitrogen and oxygen atoms in total. The van der Waals surface area contributed by atoms with E-state index in [1.807, 2.05) is 17.8 Å². The largest absolute Gasteiger partial charge is 0.370 e. The van der Waals surface area contributed by atoms with Crippen molar-refractivity contribution in [1.29, 1.82) is 0 Å². The zero-order valence-electron chi connectivity index (χ0n) is 12.0. The van der Waals surface area contributed by atoms with Gasteiger partial charge in [-0.15, -0.1) is 0 Å². The van der Waals surface area contributed by atoms with Crippen LogP contribution >= 0.6 is 0 Å². The van der Waals surface area contributed by atoms with Crippen molar-refractivity contribution >= 4 is 5.91 Å². The van der Waals surface area contributed by atoms with Gasteiger partial charge in [-0.2, -0.15) is 0 Å². The predicted octanol–water partition coefficient (Wildman–Crippen LogP) is 1.04. The SMILES string of the molecule is Cn1ccnc1[C@@H]1OCCC[C@H]1CNC(=O)c1cnc[nH]1. The van der Waals surface area contributed by atoms with E-state index in [2.05, 4.69) is 20.3 Å². The van der Waals surface area contributed by atoms with Crippen molar-refractivity contribution in [2.45, 2.75) is 18.9 Å². The van der Waals surface area contributed by atoms with Crippen molar-refractivity contribution in [3.05, 3.63) is 36.4 Å². The third-order valence-corrected chi connectivity index (χ3v) is 3.83. The molecule has 0 saturated carbocycles. The van der Waals surface area contributed by atoms with Crippen LogP contribution in [0.3, 0.4) is 0 Å². The minimum atomic E-state index is -0.142. The van der Waals surface area contributed by atoms with Crippen molar-refractivity contribution in [2.75, 3.05) is 13.2 Å². The molecule has 0 radical (unpaired) electrons. The molecule has 1 amide bonds. The Bertz CT molecular complexity index is 592. The molecule has 21 heavy (non-hydrogen) atoms. The molecule has 3 heterocycles. The lowest BCUT2D eigenvalue weighted by Gasteiger charge is -2.31. The first-order valence-electron chi connectivity index (χ1n) is 7.11. The number of aryl methyl sites for hydroxylation is 1. The molecule has 0 unspecified atom stereocenters. The summed E-state index contributed by atoms with van der Waals surface area (Å²) in [7, 11) is 1.96. The Balaban J connectivity index is 1.65. The zero-order chi connectivity index (χ0) is 14.7. The topological polar surface area (TPSA) is 84.8 Å². The van der Waals surface area contributed by atoms with Gasteiger partial charge in [0, 0.05) is 38.5 Å². The van der Waals surface area contributed by atoms with Crippen LogP contribution in [0.2, 0.25) is 0 Å². The number of hydrogen-bond acceptors (Lipinski definition) is 4. The van der Waals surface area contributed by atoms with E-state index in [0.717, 1.165) is 25.3 Å². The van der Waals surface area contributed by atoms with Crippen molar-refractivity contribution < 1.29 is 9.53 Å². The number of aromatic nitrogens is 4. The maximum atomic E-state index is 12.0. The fraction of sp³-hybridized carbons (Fsp3) is 0.500. The number of aromatic amines is 1. The molecule has 1 aliphatic rings. The summed E-state index contributed by atoms with van der Waals surface area (Å²) in [5.41, 5.74) is 0.472. The van der Waals surface area contributed by atoms with E-state index in [1.54, 1.807) is 6.20 Å². The summed E-state index contributed by atoms with van der Waals surface area (Å²) in [5.74, 6) is 0.999. The monoisotopic (exact) mass is 289 g/mol. The van der Waals surface area contributed by atoms with Gasteiger partial charge in [0.1, 0.15) is 17.6 Å². The van der Waals surface area contributed by atoms with Gasteiger partial charge < -0.3 is 19.6 Å². The lowest BCUT2D eigenvalue weighted by atomic mass is 9.93. The first kappa shape index (κ1) is 13.8. The van der Waals surface area contributed by atoms with Crippen LogP contribution in [0.25, 0.3) is 0 Å². The maximum absolute atomic E-state index is 12.0. The summed E-state index contributed by atoms with van der Waals surface area (Å²) in [6.45, 7) is 1.30. The highest BCUT2D eigenvalue weighted by atomic mass is 16.5. The van der Waals surface area contributed by atoms with Gasteiger partial charge in [-0.25, -0.2) is 9.97 Å². The summed E-state index contributed by atoms with van der Waals surface area (Å²) < 4.78 is 7.86. The number of carbonyl (C=O) groups is 1. The normalized spacial score (nSPS) is 22.1. The number of hydrogen-bond donors (Lipinski definition) is 2. The van der Waals surface area contributed by atoms with Gasteiger partial charge in [-0.1, -0.05) is 0 Å². The average Bonchev–Trinajstić information content (AvgIpc) is 3.16. The first-order chi connectivity index (χ1) is 10.3. The molecule has 2 N–H and O–H groups in total. The molecule has 0 aliphatic carbocycles. The Morgan fingerprint density at radius 2 is 2.52 bits per heavy atom. The highest BCUT2D eigenvalue weighted by Crippen LogP contribution is 2.32. The fourth-order valence-corrected chi connectivity index (χ4v) is 2.69. The molecule has 1 aliphatic heterocycles. The van der Waals surface area contributed by atoms with E-state index < -0.39 is 0 Å². The predicted molar refractivity (Wildman–Crippen MR) is 75.5 cm³/mol. The standard InChI is InChI=1S/C14H19N5O2/c1-19-5-4-16-13(19)12-10(3-2-6-21-12)7-17-14(20)11-8-15-9-18-11/h4-5,8-10,12H,2-3,6-7H2,1H3,(H,15,18)(H,17,20)/t10-,12+/m0/s1. The van der Waals surface area contributed by atoms with E-state index in [4.69, 9.17) is 4.74 Å². The average molecular weight is 289 g/mol. The molecule has 1 fully saturated rings. The van der Waals surface area contributed by atoms with E-state index in [9.17, 15) is 4.79 Å². The summed E-state index contributed by atoms with van der Waals surface area (Å²) in [5, 5.41) is 2.94. The van der Waals surface area contributed by atoms with Crippen LogP contribution in [0.1, 0.15) is 35.3 Å². The minimum Gasteiger partial charge on any atom is -0.370 e. The summed E-state index contributed by atoms with van der Waals surface area (Å²) >= 11 is 0. The van der Waals surface area contributed by atoms with E-state index in [0.29, 0.717) is 12.2 Å². The Kier molecular flexibility index (Phi) is 4.01. The number of H-pyrrole nitrogens is 1. The van der Waals surface area contributed by atoms with E-state index in [-0.39, 0.29) is 17.9 Å². The van der Waals surface area contributed by atoms with Gasteiger partial charge in [0.25, 0.3) is 5.91 Å². The van der Waals surface area contributed by atoms with Crippen molar-refractivity contribution in [3.8, 4) is 0 Å². The van der Waals surface area contributed by atoms with E-state index >= 15 is 0 Å². The molecule has 0 aromatic carbocycles. The molecule has 2 aromatic rings. The van der Waals surface area contributed by atoms with Gasteiger partial charge in [0.2, 0.25) is 0 Å². The second kappa shape index (κ2) is 6.09. The molecule has 0 spiro atoms. The second-order valence-corrected chi connectivity index (χ2v) is 5.27. The maximum Gasteiger partial charge on any atom is 0.269 e. The lowest BCUT2D eigenvalue weighted by Crippen LogP contribution is -2.36. The third-order valence-electron chi connectivity index (χ3n) is 3.83. The number of nitrogens with one attached hydrogen (secondary N) is 2. The van der Waals surface area contributed by atoms with Crippen LogP contribution in [-0.4, -0.2) is 38.6 Å². The number of rotatable bonds is 4. The molecule has 1 saturated heterocycles. The fourth-order valence-electron chi connectivity index (χ4n) is 2.69. The molecule has 0 bridgehead atoms. The highest BCUT2D eigenvalue weighted by Gasteiger charge is 2.30. The second-order valence-electron chi connectivity index (χ2n) is 5.27. The van der Waals surface area contributed by atoms with Gasteiger partial charge >= 0.3 is 0 Å². The number of ether oxygens (including phenoxy) is 1. The molecular formula is C14H19N5O2. The smallest absolute Gasteiger partial charge is 0.269 e. The highest BCUT2D eigenvalue weighted by molar-refractivity contribution is 5.91. The lowest BCUT2D eigenvalue weighted by molar-refractivity contribution is -0.0337. The summed E-state index contributed by atoms with van der Waals surface area (Å²) in [6.07, 6.45) is 8.65. The van der Waals surface area contributed by atoms with E-state index in [1.165, 1.54) is 12.5 Å². The molecular weight excluding hydrogens is 270 g/mol. The zero-order valence-corrected chi connectivity index (χ0v) is 12.0. The third kappa shape index (κ3) is 2.97. The van der Waals surface area contributed by atoms with Crippen LogP contribution in [0.15, 0.2) is 24.9 Å². The Morgan fingerprint density at radius 3 is 3.24 bits per heavy atom. The van der Waals surface area contributed by atoms with Gasteiger partial charge in [0.05, 0.1) is 12.5 Å². The number of nitrogens with zero attached hydrogens (tertiary/aromatic N) is 3. The van der Waals surface area contributed by atoms with Gasteiger partial charge in [0.15, 0.2) is 0 Å².